The number of halogens is 1. The van der Waals surface area contributed by atoms with Gasteiger partial charge in [0.25, 0.3) is 0 Å². The standard InChI is InChI=1S/C26H31ClN4O4/c1-4-17(2)21(23(32)35-3)29-25(34)30-13-10-26(11-14-30)22(18-7-6-12-28-16-18)31(24(26)33)20-9-5-8-19(27)15-20/h5-9,12,15-17,21-22H,4,10-11,13-14H2,1-3H3,(H,29,34). The first-order valence-electron chi connectivity index (χ1n) is 11.9. The van der Waals surface area contributed by atoms with Crippen LogP contribution in [0, 0.1) is 11.3 Å². The predicted octanol–water partition coefficient (Wildman–Crippen LogP) is 4.20. The van der Waals surface area contributed by atoms with E-state index < -0.39 is 17.4 Å². The van der Waals surface area contributed by atoms with Crippen molar-refractivity contribution >= 4 is 35.2 Å². The molecule has 186 valence electrons. The van der Waals surface area contributed by atoms with Crippen LogP contribution in [-0.2, 0) is 14.3 Å². The Labute approximate surface area is 210 Å². The zero-order valence-corrected chi connectivity index (χ0v) is 21.0. The van der Waals surface area contributed by atoms with Crippen LogP contribution in [0.15, 0.2) is 48.8 Å². The van der Waals surface area contributed by atoms with Gasteiger partial charge in [0.15, 0.2) is 0 Å². The van der Waals surface area contributed by atoms with E-state index in [9.17, 15) is 14.4 Å². The van der Waals surface area contributed by atoms with Gasteiger partial charge in [0, 0.05) is 36.2 Å². The van der Waals surface area contributed by atoms with Crippen LogP contribution in [0.4, 0.5) is 10.5 Å². The second-order valence-electron chi connectivity index (χ2n) is 9.32. The first-order chi connectivity index (χ1) is 16.8. The average Bonchev–Trinajstić information content (AvgIpc) is 2.89. The molecule has 0 aliphatic carbocycles. The number of amides is 3. The normalized spacial score (nSPS) is 20.7. The van der Waals surface area contributed by atoms with Gasteiger partial charge >= 0.3 is 12.0 Å². The minimum absolute atomic E-state index is 0.0284. The van der Waals surface area contributed by atoms with Crippen molar-refractivity contribution in [3.63, 3.8) is 0 Å². The van der Waals surface area contributed by atoms with Gasteiger partial charge < -0.3 is 19.9 Å². The molecular formula is C26H31ClN4O4. The molecule has 0 bridgehead atoms. The van der Waals surface area contributed by atoms with Gasteiger partial charge in [-0.05, 0) is 48.6 Å². The number of hydrogen-bond donors (Lipinski definition) is 1. The molecule has 1 N–H and O–H groups in total. The molecule has 1 aromatic carbocycles. The number of hydrogen-bond acceptors (Lipinski definition) is 5. The van der Waals surface area contributed by atoms with Crippen molar-refractivity contribution in [3.05, 3.63) is 59.4 Å². The number of esters is 1. The number of rotatable bonds is 6. The molecule has 0 saturated carbocycles. The average molecular weight is 499 g/mol. The molecule has 2 aliphatic rings. The van der Waals surface area contributed by atoms with Crippen molar-refractivity contribution in [1.82, 2.24) is 15.2 Å². The van der Waals surface area contributed by atoms with Gasteiger partial charge in [-0.3, -0.25) is 9.78 Å². The summed E-state index contributed by atoms with van der Waals surface area (Å²) < 4.78 is 4.88. The Kier molecular flexibility index (Phi) is 7.31. The SMILES string of the molecule is CCC(C)C(NC(=O)N1CCC2(CC1)C(=O)N(c1cccc(Cl)c1)C2c1cccnc1)C(=O)OC. The number of piperidine rings is 1. The minimum Gasteiger partial charge on any atom is -0.467 e. The zero-order valence-electron chi connectivity index (χ0n) is 20.2. The Morgan fingerprint density at radius 3 is 2.60 bits per heavy atom. The number of ether oxygens (including phenoxy) is 1. The van der Waals surface area contributed by atoms with E-state index in [0.29, 0.717) is 31.0 Å². The van der Waals surface area contributed by atoms with Crippen LogP contribution in [0.5, 0.6) is 0 Å². The van der Waals surface area contributed by atoms with Crippen LogP contribution in [0.3, 0.4) is 0 Å². The van der Waals surface area contributed by atoms with E-state index in [1.807, 2.05) is 38.1 Å². The summed E-state index contributed by atoms with van der Waals surface area (Å²) in [7, 11) is 1.32. The lowest BCUT2D eigenvalue weighted by atomic mass is 9.62. The second kappa shape index (κ2) is 10.2. The summed E-state index contributed by atoms with van der Waals surface area (Å²) in [5, 5.41) is 3.40. The summed E-state index contributed by atoms with van der Waals surface area (Å²) in [6.45, 7) is 4.69. The Morgan fingerprint density at radius 2 is 2.00 bits per heavy atom. The Hall–Kier alpha value is -3.13. The number of pyridine rings is 1. The molecule has 3 unspecified atom stereocenters. The third kappa shape index (κ3) is 4.59. The highest BCUT2D eigenvalue weighted by Gasteiger charge is 2.62. The highest BCUT2D eigenvalue weighted by atomic mass is 35.5. The van der Waals surface area contributed by atoms with Crippen LogP contribution in [-0.4, -0.2) is 54.0 Å². The third-order valence-electron chi connectivity index (χ3n) is 7.40. The smallest absolute Gasteiger partial charge is 0.328 e. The second-order valence-corrected chi connectivity index (χ2v) is 9.76. The molecule has 1 aromatic heterocycles. The van der Waals surface area contributed by atoms with Crippen molar-refractivity contribution in [3.8, 4) is 0 Å². The van der Waals surface area contributed by atoms with E-state index in [-0.39, 0.29) is 23.9 Å². The highest BCUT2D eigenvalue weighted by molar-refractivity contribution is 6.31. The van der Waals surface area contributed by atoms with Crippen LogP contribution in [0.25, 0.3) is 0 Å². The first-order valence-corrected chi connectivity index (χ1v) is 12.3. The van der Waals surface area contributed by atoms with Gasteiger partial charge in [0.05, 0.1) is 18.6 Å². The van der Waals surface area contributed by atoms with Crippen molar-refractivity contribution < 1.29 is 19.1 Å². The molecule has 2 aliphatic heterocycles. The largest absolute Gasteiger partial charge is 0.467 e. The molecule has 3 amide bonds. The third-order valence-corrected chi connectivity index (χ3v) is 7.64. The van der Waals surface area contributed by atoms with E-state index in [1.165, 1.54) is 7.11 Å². The van der Waals surface area contributed by atoms with E-state index in [2.05, 4.69) is 10.3 Å². The summed E-state index contributed by atoms with van der Waals surface area (Å²) >= 11 is 6.22. The van der Waals surface area contributed by atoms with Crippen molar-refractivity contribution in [1.29, 1.82) is 0 Å². The number of nitrogens with one attached hydrogen (secondary N) is 1. The molecule has 3 heterocycles. The van der Waals surface area contributed by atoms with Gasteiger partial charge in [-0.2, -0.15) is 0 Å². The predicted molar refractivity (Wildman–Crippen MR) is 133 cm³/mol. The molecule has 2 saturated heterocycles. The fourth-order valence-electron chi connectivity index (χ4n) is 5.17. The lowest BCUT2D eigenvalue weighted by Crippen LogP contribution is -2.67. The first kappa shape index (κ1) is 25.0. The maximum Gasteiger partial charge on any atom is 0.328 e. The van der Waals surface area contributed by atoms with E-state index in [1.54, 1.807) is 34.3 Å². The molecule has 2 fully saturated rings. The van der Waals surface area contributed by atoms with Crippen molar-refractivity contribution in [2.75, 3.05) is 25.1 Å². The Bertz CT molecular complexity index is 1090. The number of carbonyl (C=O) groups excluding carboxylic acids is 3. The quantitative estimate of drug-likeness (QED) is 0.476. The highest BCUT2D eigenvalue weighted by Crippen LogP contribution is 2.57. The van der Waals surface area contributed by atoms with Crippen LogP contribution in [0.2, 0.25) is 5.02 Å². The molecular weight excluding hydrogens is 468 g/mol. The molecule has 9 heteroatoms. The number of likely N-dealkylation sites (tertiary alicyclic amines) is 1. The van der Waals surface area contributed by atoms with E-state index >= 15 is 0 Å². The lowest BCUT2D eigenvalue weighted by Gasteiger charge is -2.58. The van der Waals surface area contributed by atoms with Gasteiger partial charge in [0.2, 0.25) is 5.91 Å². The Morgan fingerprint density at radius 1 is 1.26 bits per heavy atom. The van der Waals surface area contributed by atoms with Gasteiger partial charge in [-0.1, -0.05) is 44.0 Å². The minimum atomic E-state index is -0.708. The number of methoxy groups -OCH3 is 1. The summed E-state index contributed by atoms with van der Waals surface area (Å²) in [6.07, 6.45) is 5.26. The van der Waals surface area contributed by atoms with Gasteiger partial charge in [-0.15, -0.1) is 0 Å². The maximum atomic E-state index is 13.6. The molecule has 1 spiro atoms. The number of nitrogens with zero attached hydrogens (tertiary/aromatic N) is 3. The number of carbonyl (C=O) groups is 3. The molecule has 3 atom stereocenters. The maximum absolute atomic E-state index is 13.6. The van der Waals surface area contributed by atoms with Crippen LogP contribution >= 0.6 is 11.6 Å². The van der Waals surface area contributed by atoms with Gasteiger partial charge in [0.1, 0.15) is 6.04 Å². The number of aromatic nitrogens is 1. The monoisotopic (exact) mass is 498 g/mol. The summed E-state index contributed by atoms with van der Waals surface area (Å²) in [5.41, 5.74) is 1.07. The Balaban J connectivity index is 1.53. The zero-order chi connectivity index (χ0) is 25.2. The lowest BCUT2D eigenvalue weighted by molar-refractivity contribution is -0.144. The van der Waals surface area contributed by atoms with E-state index in [4.69, 9.17) is 16.3 Å². The van der Waals surface area contributed by atoms with Crippen molar-refractivity contribution in [2.45, 2.75) is 45.2 Å². The summed E-state index contributed by atoms with van der Waals surface area (Å²) in [6, 6.07) is 9.91. The molecule has 8 nitrogen and oxygen atoms in total. The number of urea groups is 1. The summed E-state index contributed by atoms with van der Waals surface area (Å²) in [5.74, 6) is -0.484. The number of anilines is 1. The van der Waals surface area contributed by atoms with Crippen LogP contribution in [0.1, 0.15) is 44.7 Å². The number of benzene rings is 1. The van der Waals surface area contributed by atoms with E-state index in [0.717, 1.165) is 17.7 Å². The molecule has 0 radical (unpaired) electrons. The molecule has 4 rings (SSSR count). The summed E-state index contributed by atoms with van der Waals surface area (Å²) in [4.78, 5) is 46.6. The van der Waals surface area contributed by atoms with Gasteiger partial charge in [-0.25, -0.2) is 9.59 Å². The molecule has 35 heavy (non-hydrogen) atoms. The topological polar surface area (TPSA) is 91.8 Å². The van der Waals surface area contributed by atoms with Crippen molar-refractivity contribution in [2.24, 2.45) is 11.3 Å². The number of β-lactam (4-membered cyclic amide) rings is 1. The van der Waals surface area contributed by atoms with Crippen LogP contribution < -0.4 is 10.2 Å². The fraction of sp³-hybridized carbons (Fsp3) is 0.462. The molecule has 2 aromatic rings. The fourth-order valence-corrected chi connectivity index (χ4v) is 5.35.